The molecule has 0 bridgehead atoms. The normalized spacial score (nSPS) is 10.5. The van der Waals surface area contributed by atoms with E-state index in [1.165, 1.54) is 0 Å². The lowest BCUT2D eigenvalue weighted by molar-refractivity contribution is 0.282. The average Bonchev–Trinajstić information content (AvgIpc) is 2.86. The summed E-state index contributed by atoms with van der Waals surface area (Å²) >= 11 is 0. The molecule has 0 aliphatic heterocycles. The van der Waals surface area contributed by atoms with Crippen LogP contribution in [0, 0.1) is 11.3 Å². The van der Waals surface area contributed by atoms with Gasteiger partial charge < -0.3 is 9.52 Å². The lowest BCUT2D eigenvalue weighted by Crippen LogP contribution is -1.84. The zero-order valence-corrected chi connectivity index (χ0v) is 10.1. The van der Waals surface area contributed by atoms with Crippen molar-refractivity contribution >= 4 is 11.0 Å². The summed E-state index contributed by atoms with van der Waals surface area (Å²) < 4.78 is 5.55. The first kappa shape index (κ1) is 11.5. The van der Waals surface area contributed by atoms with Crippen molar-refractivity contribution < 1.29 is 9.52 Å². The van der Waals surface area contributed by atoms with Crippen molar-refractivity contribution in [1.29, 1.82) is 5.26 Å². The van der Waals surface area contributed by atoms with Crippen LogP contribution in [0.3, 0.4) is 0 Å². The monoisotopic (exact) mass is 249 g/mol. The van der Waals surface area contributed by atoms with E-state index in [1.54, 1.807) is 0 Å². The van der Waals surface area contributed by atoms with Gasteiger partial charge in [0.05, 0.1) is 6.61 Å². The number of hydrogen-bond donors (Lipinski definition) is 1. The fraction of sp³-hybridized carbons (Fsp3) is 0.0625. The Hall–Kier alpha value is -2.57. The van der Waals surface area contributed by atoms with Crippen molar-refractivity contribution in [1.82, 2.24) is 0 Å². The third-order valence-electron chi connectivity index (χ3n) is 3.12. The van der Waals surface area contributed by atoms with Gasteiger partial charge in [-0.1, -0.05) is 42.5 Å². The van der Waals surface area contributed by atoms with Crippen LogP contribution in [0.25, 0.3) is 22.1 Å². The number of aliphatic hydroxyl groups excluding tert-OH is 1. The number of nitriles is 1. The minimum atomic E-state index is 0.0114. The van der Waals surface area contributed by atoms with Crippen LogP contribution in [0.5, 0.6) is 0 Å². The molecule has 3 nitrogen and oxygen atoms in total. The molecule has 0 saturated heterocycles. The van der Waals surface area contributed by atoms with E-state index in [4.69, 9.17) is 9.52 Å². The van der Waals surface area contributed by atoms with Crippen LogP contribution in [0.15, 0.2) is 52.9 Å². The second-order valence-electron chi connectivity index (χ2n) is 4.27. The number of benzene rings is 2. The van der Waals surface area contributed by atoms with Gasteiger partial charge in [-0.25, -0.2) is 0 Å². The Bertz CT molecular complexity index is 764. The summed E-state index contributed by atoms with van der Waals surface area (Å²) in [7, 11) is 0. The molecule has 19 heavy (non-hydrogen) atoms. The highest BCUT2D eigenvalue weighted by Gasteiger charge is 2.15. The van der Waals surface area contributed by atoms with Crippen LogP contribution in [-0.4, -0.2) is 5.11 Å². The van der Waals surface area contributed by atoms with Crippen molar-refractivity contribution in [3.8, 4) is 17.2 Å². The van der Waals surface area contributed by atoms with Gasteiger partial charge in [0.2, 0.25) is 5.76 Å². The van der Waals surface area contributed by atoms with Gasteiger partial charge in [0.15, 0.2) is 0 Å². The van der Waals surface area contributed by atoms with E-state index < -0.39 is 0 Å². The molecule has 0 aliphatic rings. The molecule has 0 radical (unpaired) electrons. The summed E-state index contributed by atoms with van der Waals surface area (Å²) in [5.41, 5.74) is 3.27. The summed E-state index contributed by atoms with van der Waals surface area (Å²) in [4.78, 5) is 0. The third kappa shape index (κ3) is 1.88. The molecular weight excluding hydrogens is 238 g/mol. The highest BCUT2D eigenvalue weighted by atomic mass is 16.3. The van der Waals surface area contributed by atoms with Crippen molar-refractivity contribution in [2.24, 2.45) is 0 Å². The van der Waals surface area contributed by atoms with Crippen LogP contribution in [0.1, 0.15) is 11.3 Å². The maximum atomic E-state index is 9.20. The molecule has 0 amide bonds. The molecule has 2 aromatic carbocycles. The summed E-state index contributed by atoms with van der Waals surface area (Å²) in [5.74, 6) is 0.318. The molecule has 1 N–H and O–H groups in total. The molecule has 0 atom stereocenters. The lowest BCUT2D eigenvalue weighted by atomic mass is 10.0. The smallest absolute Gasteiger partial charge is 0.212 e. The van der Waals surface area contributed by atoms with Crippen LogP contribution in [-0.2, 0) is 6.61 Å². The summed E-state index contributed by atoms with van der Waals surface area (Å²) in [6, 6.07) is 17.2. The molecule has 0 aliphatic carbocycles. The van der Waals surface area contributed by atoms with E-state index >= 15 is 0 Å². The molecule has 3 heteroatoms. The Morgan fingerprint density at radius 2 is 1.79 bits per heavy atom. The standard InChI is InChI=1S/C16H11NO2/c17-9-15-16(12-7-5-11(10-18)6-8-12)13-3-1-2-4-14(13)19-15/h1-8,18H,10H2. The SMILES string of the molecule is N#Cc1oc2ccccc2c1-c1ccc(CO)cc1. The van der Waals surface area contributed by atoms with E-state index in [0.29, 0.717) is 11.3 Å². The second kappa shape index (κ2) is 4.60. The average molecular weight is 249 g/mol. The molecule has 0 saturated carbocycles. The molecule has 1 aromatic heterocycles. The molecule has 1 heterocycles. The largest absolute Gasteiger partial charge is 0.445 e. The summed E-state index contributed by atoms with van der Waals surface area (Å²) in [6.07, 6.45) is 0. The van der Waals surface area contributed by atoms with E-state index in [9.17, 15) is 5.26 Å². The van der Waals surface area contributed by atoms with Crippen LogP contribution in [0.4, 0.5) is 0 Å². The minimum absolute atomic E-state index is 0.0114. The Balaban J connectivity index is 2.25. The van der Waals surface area contributed by atoms with Crippen molar-refractivity contribution in [3.05, 3.63) is 59.9 Å². The van der Waals surface area contributed by atoms with Gasteiger partial charge in [-0.05, 0) is 17.2 Å². The first-order valence-corrected chi connectivity index (χ1v) is 5.95. The molecule has 3 rings (SSSR count). The Labute approximate surface area is 110 Å². The molecule has 0 fully saturated rings. The van der Waals surface area contributed by atoms with E-state index in [-0.39, 0.29) is 6.61 Å². The highest BCUT2D eigenvalue weighted by molar-refractivity contribution is 5.96. The van der Waals surface area contributed by atoms with Gasteiger partial charge in [0.25, 0.3) is 0 Å². The van der Waals surface area contributed by atoms with Crippen LogP contribution in [0.2, 0.25) is 0 Å². The summed E-state index contributed by atoms with van der Waals surface area (Å²) in [5, 5.41) is 19.2. The Morgan fingerprint density at radius 1 is 1.05 bits per heavy atom. The van der Waals surface area contributed by atoms with E-state index in [0.717, 1.165) is 22.1 Å². The number of aliphatic hydroxyl groups is 1. The van der Waals surface area contributed by atoms with Gasteiger partial charge >= 0.3 is 0 Å². The maximum absolute atomic E-state index is 9.20. The van der Waals surface area contributed by atoms with E-state index in [2.05, 4.69) is 6.07 Å². The topological polar surface area (TPSA) is 57.2 Å². The van der Waals surface area contributed by atoms with Gasteiger partial charge in [-0.15, -0.1) is 0 Å². The second-order valence-corrected chi connectivity index (χ2v) is 4.27. The van der Waals surface area contributed by atoms with Crippen molar-refractivity contribution in [3.63, 3.8) is 0 Å². The predicted octanol–water partition coefficient (Wildman–Crippen LogP) is 3.46. The molecule has 0 spiro atoms. The molecule has 3 aromatic rings. The van der Waals surface area contributed by atoms with Gasteiger partial charge in [-0.3, -0.25) is 0 Å². The van der Waals surface area contributed by atoms with Crippen LogP contribution < -0.4 is 0 Å². The fourth-order valence-electron chi connectivity index (χ4n) is 2.19. The zero-order chi connectivity index (χ0) is 13.2. The lowest BCUT2D eigenvalue weighted by Gasteiger charge is -2.01. The van der Waals surface area contributed by atoms with Crippen molar-refractivity contribution in [2.45, 2.75) is 6.61 Å². The number of hydrogen-bond acceptors (Lipinski definition) is 3. The Morgan fingerprint density at radius 3 is 2.47 bits per heavy atom. The number of para-hydroxylation sites is 1. The summed E-state index contributed by atoms with van der Waals surface area (Å²) in [6.45, 7) is 0.0114. The first-order valence-electron chi connectivity index (χ1n) is 5.95. The quantitative estimate of drug-likeness (QED) is 0.756. The predicted molar refractivity (Wildman–Crippen MR) is 72.3 cm³/mol. The number of fused-ring (bicyclic) bond motifs is 1. The zero-order valence-electron chi connectivity index (χ0n) is 10.1. The van der Waals surface area contributed by atoms with Gasteiger partial charge in [0, 0.05) is 10.9 Å². The number of rotatable bonds is 2. The Kier molecular flexibility index (Phi) is 2.79. The fourth-order valence-corrected chi connectivity index (χ4v) is 2.19. The molecule has 0 unspecified atom stereocenters. The maximum Gasteiger partial charge on any atom is 0.212 e. The van der Waals surface area contributed by atoms with Crippen LogP contribution >= 0.6 is 0 Å². The van der Waals surface area contributed by atoms with Gasteiger partial charge in [-0.2, -0.15) is 5.26 Å². The number of nitrogens with zero attached hydrogens (tertiary/aromatic N) is 1. The minimum Gasteiger partial charge on any atom is -0.445 e. The van der Waals surface area contributed by atoms with E-state index in [1.807, 2.05) is 48.5 Å². The number of furan rings is 1. The first-order chi connectivity index (χ1) is 9.33. The molecule has 92 valence electrons. The third-order valence-corrected chi connectivity index (χ3v) is 3.12. The van der Waals surface area contributed by atoms with Crippen molar-refractivity contribution in [2.75, 3.05) is 0 Å². The molecular formula is C16H11NO2. The highest BCUT2D eigenvalue weighted by Crippen LogP contribution is 2.34. The van der Waals surface area contributed by atoms with Gasteiger partial charge in [0.1, 0.15) is 11.7 Å².